The Morgan fingerprint density at radius 1 is 0.636 bits per heavy atom. The first-order valence-electron chi connectivity index (χ1n) is 7.99. The lowest BCUT2D eigenvalue weighted by molar-refractivity contribution is 0.668. The van der Waals surface area contributed by atoms with Crippen molar-refractivity contribution >= 4 is 0 Å². The van der Waals surface area contributed by atoms with Crippen molar-refractivity contribution in [3.05, 3.63) is 82.5 Å². The lowest BCUT2D eigenvalue weighted by Gasteiger charge is -2.32. The van der Waals surface area contributed by atoms with E-state index in [4.69, 9.17) is 0 Å². The minimum absolute atomic E-state index is 0.000597. The van der Waals surface area contributed by atoms with E-state index in [0.717, 1.165) is 0 Å². The van der Waals surface area contributed by atoms with Gasteiger partial charge in [0.05, 0.1) is 0 Å². The van der Waals surface area contributed by atoms with E-state index in [1.54, 1.807) is 0 Å². The van der Waals surface area contributed by atoms with Crippen molar-refractivity contribution in [3.63, 3.8) is 0 Å². The van der Waals surface area contributed by atoms with Gasteiger partial charge in [0.2, 0.25) is 0 Å². The Hall–Kier alpha value is -2.08. The lowest BCUT2D eigenvalue weighted by Crippen LogP contribution is -2.24. The van der Waals surface area contributed by atoms with Gasteiger partial charge in [0, 0.05) is 5.41 Å². The van der Waals surface area contributed by atoms with Crippen LogP contribution in [0.4, 0.5) is 0 Å². The van der Waals surface area contributed by atoms with Crippen molar-refractivity contribution in [1.29, 1.82) is 0 Å². The standard InChI is InChI=1S/C22H24/c1-15-16(2)18(4)22(5,17(15)3)21-14-10-9-13-20(21)19-11-7-6-8-12-19/h6-14H,1-5H3. The maximum atomic E-state index is 2.37. The summed E-state index contributed by atoms with van der Waals surface area (Å²) < 4.78 is 0. The van der Waals surface area contributed by atoms with Crippen LogP contribution in [-0.2, 0) is 5.41 Å². The summed E-state index contributed by atoms with van der Waals surface area (Å²) in [4.78, 5) is 0. The van der Waals surface area contributed by atoms with Gasteiger partial charge >= 0.3 is 0 Å². The van der Waals surface area contributed by atoms with Crippen LogP contribution in [0.2, 0.25) is 0 Å². The molecular formula is C22H24. The summed E-state index contributed by atoms with van der Waals surface area (Å²) in [6, 6.07) is 19.6. The molecule has 112 valence electrons. The van der Waals surface area contributed by atoms with Crippen LogP contribution in [0, 0.1) is 0 Å². The molecule has 0 nitrogen and oxygen atoms in total. The molecule has 0 bridgehead atoms. The summed E-state index contributed by atoms with van der Waals surface area (Å²) in [5.74, 6) is 0. The Morgan fingerprint density at radius 2 is 1.14 bits per heavy atom. The molecule has 0 fully saturated rings. The van der Waals surface area contributed by atoms with E-state index >= 15 is 0 Å². The third-order valence-electron chi connectivity index (χ3n) is 5.74. The number of allylic oxidation sites excluding steroid dienone is 4. The highest BCUT2D eigenvalue weighted by molar-refractivity contribution is 5.73. The molecule has 0 radical (unpaired) electrons. The fraction of sp³-hybridized carbons (Fsp3) is 0.273. The van der Waals surface area contributed by atoms with Crippen molar-refractivity contribution in [2.75, 3.05) is 0 Å². The smallest absolute Gasteiger partial charge is 0.0354 e. The predicted octanol–water partition coefficient (Wildman–Crippen LogP) is 6.30. The van der Waals surface area contributed by atoms with Gasteiger partial charge in [-0.2, -0.15) is 0 Å². The molecule has 1 aliphatic rings. The molecule has 22 heavy (non-hydrogen) atoms. The fourth-order valence-corrected chi connectivity index (χ4v) is 3.79. The van der Waals surface area contributed by atoms with Crippen molar-refractivity contribution in [1.82, 2.24) is 0 Å². The monoisotopic (exact) mass is 288 g/mol. The van der Waals surface area contributed by atoms with Gasteiger partial charge in [-0.3, -0.25) is 0 Å². The van der Waals surface area contributed by atoms with Crippen LogP contribution in [0.1, 0.15) is 40.2 Å². The molecular weight excluding hydrogens is 264 g/mol. The molecule has 0 unspecified atom stereocenters. The largest absolute Gasteiger partial charge is 0.0622 e. The molecule has 0 spiro atoms. The summed E-state index contributed by atoms with van der Waals surface area (Å²) in [5, 5.41) is 0. The highest BCUT2D eigenvalue weighted by Gasteiger charge is 2.39. The first-order chi connectivity index (χ1) is 10.5. The van der Waals surface area contributed by atoms with Crippen molar-refractivity contribution < 1.29 is 0 Å². The fourth-order valence-electron chi connectivity index (χ4n) is 3.79. The molecule has 0 saturated heterocycles. The summed E-state index contributed by atoms with van der Waals surface area (Å²) in [7, 11) is 0. The summed E-state index contributed by atoms with van der Waals surface area (Å²) in [6.07, 6.45) is 0. The van der Waals surface area contributed by atoms with E-state index in [-0.39, 0.29) is 5.41 Å². The van der Waals surface area contributed by atoms with E-state index < -0.39 is 0 Å². The number of hydrogen-bond acceptors (Lipinski definition) is 0. The van der Waals surface area contributed by atoms with E-state index in [2.05, 4.69) is 89.2 Å². The van der Waals surface area contributed by atoms with Crippen molar-refractivity contribution in [2.24, 2.45) is 0 Å². The van der Waals surface area contributed by atoms with Crippen LogP contribution in [0.3, 0.4) is 0 Å². The molecule has 0 N–H and O–H groups in total. The highest BCUT2D eigenvalue weighted by Crippen LogP contribution is 2.50. The van der Waals surface area contributed by atoms with Crippen LogP contribution in [-0.4, -0.2) is 0 Å². The zero-order valence-electron chi connectivity index (χ0n) is 14.2. The van der Waals surface area contributed by atoms with Crippen molar-refractivity contribution in [3.8, 4) is 11.1 Å². The van der Waals surface area contributed by atoms with E-state index in [9.17, 15) is 0 Å². The van der Waals surface area contributed by atoms with Crippen LogP contribution >= 0.6 is 0 Å². The van der Waals surface area contributed by atoms with Gasteiger partial charge in [-0.1, -0.05) is 65.7 Å². The molecule has 1 aliphatic carbocycles. The summed E-state index contributed by atoms with van der Waals surface area (Å²) in [6.45, 7) is 11.5. The quantitative estimate of drug-likeness (QED) is 0.608. The molecule has 2 aromatic carbocycles. The molecule has 0 amide bonds. The van der Waals surface area contributed by atoms with Gasteiger partial charge in [0.1, 0.15) is 0 Å². The number of benzene rings is 2. The van der Waals surface area contributed by atoms with Crippen molar-refractivity contribution in [2.45, 2.75) is 40.0 Å². The first kappa shape index (κ1) is 14.8. The lowest BCUT2D eigenvalue weighted by atomic mass is 9.71. The summed E-state index contributed by atoms with van der Waals surface area (Å²) >= 11 is 0. The molecule has 0 saturated carbocycles. The molecule has 3 rings (SSSR count). The van der Waals surface area contributed by atoms with Gasteiger partial charge in [0.15, 0.2) is 0 Å². The van der Waals surface area contributed by atoms with Crippen LogP contribution < -0.4 is 0 Å². The van der Waals surface area contributed by atoms with Gasteiger partial charge in [-0.05, 0) is 62.5 Å². The minimum Gasteiger partial charge on any atom is -0.0622 e. The Labute approximate surface area is 134 Å². The SMILES string of the molecule is CC1=C(C)C(C)(c2ccccc2-c2ccccc2)C(C)=C1C. The average Bonchev–Trinajstić information content (AvgIpc) is 2.72. The number of hydrogen-bond donors (Lipinski definition) is 0. The second-order valence-electron chi connectivity index (χ2n) is 6.54. The first-order valence-corrected chi connectivity index (χ1v) is 7.99. The molecule has 0 aromatic heterocycles. The van der Waals surface area contributed by atoms with Crippen LogP contribution in [0.5, 0.6) is 0 Å². The second-order valence-corrected chi connectivity index (χ2v) is 6.54. The average molecular weight is 288 g/mol. The Balaban J connectivity index is 2.27. The molecule has 0 aliphatic heterocycles. The maximum Gasteiger partial charge on any atom is 0.0354 e. The third-order valence-corrected chi connectivity index (χ3v) is 5.74. The van der Waals surface area contributed by atoms with E-state index in [1.807, 2.05) is 0 Å². The highest BCUT2D eigenvalue weighted by atomic mass is 14.4. The topological polar surface area (TPSA) is 0 Å². The predicted molar refractivity (Wildman–Crippen MR) is 96.0 cm³/mol. The number of rotatable bonds is 2. The van der Waals surface area contributed by atoms with Gasteiger partial charge in [-0.25, -0.2) is 0 Å². The van der Waals surface area contributed by atoms with E-state index in [1.165, 1.54) is 39.0 Å². The Morgan fingerprint density at radius 3 is 1.73 bits per heavy atom. The third kappa shape index (κ3) is 1.98. The molecule has 0 heterocycles. The van der Waals surface area contributed by atoms with Gasteiger partial charge in [-0.15, -0.1) is 0 Å². The molecule has 0 atom stereocenters. The minimum atomic E-state index is 0.000597. The van der Waals surface area contributed by atoms with Crippen LogP contribution in [0.15, 0.2) is 76.9 Å². The Bertz CT molecular complexity index is 749. The van der Waals surface area contributed by atoms with Gasteiger partial charge in [0.25, 0.3) is 0 Å². The van der Waals surface area contributed by atoms with Crippen LogP contribution in [0.25, 0.3) is 11.1 Å². The molecule has 0 heteroatoms. The summed E-state index contributed by atoms with van der Waals surface area (Å²) in [5.41, 5.74) is 9.89. The zero-order chi connectivity index (χ0) is 15.9. The Kier molecular flexibility index (Phi) is 3.56. The maximum absolute atomic E-state index is 2.37. The van der Waals surface area contributed by atoms with Gasteiger partial charge < -0.3 is 0 Å². The molecule has 2 aromatic rings. The normalized spacial score (nSPS) is 17.3. The zero-order valence-corrected chi connectivity index (χ0v) is 14.2. The second kappa shape index (κ2) is 5.28. The van der Waals surface area contributed by atoms with E-state index in [0.29, 0.717) is 0 Å².